The molecule has 0 amide bonds. The zero-order valence-electron chi connectivity index (χ0n) is 10.6. The first-order valence-electron chi connectivity index (χ1n) is 5.51. The van der Waals surface area contributed by atoms with Gasteiger partial charge in [0.05, 0.1) is 7.11 Å². The number of aromatic nitrogens is 1. The van der Waals surface area contributed by atoms with E-state index >= 15 is 0 Å². The van der Waals surface area contributed by atoms with Crippen LogP contribution in [0.3, 0.4) is 0 Å². The molecule has 112 valence electrons. The van der Waals surface area contributed by atoms with Gasteiger partial charge in [-0.1, -0.05) is 5.16 Å². The van der Waals surface area contributed by atoms with Gasteiger partial charge in [-0.3, -0.25) is 0 Å². The average Bonchev–Trinajstić information content (AvgIpc) is 2.79. The Morgan fingerprint density at radius 3 is 2.43 bits per heavy atom. The van der Waals surface area contributed by atoms with Gasteiger partial charge in [-0.25, -0.2) is 4.79 Å². The van der Waals surface area contributed by atoms with Gasteiger partial charge in [-0.05, 0) is 24.3 Å². The smallest absolute Gasteiger partial charge is 0.465 e. The topological polar surface area (TPSA) is 87.6 Å². The van der Waals surface area contributed by atoms with Gasteiger partial charge in [0.25, 0.3) is 0 Å². The number of esters is 1. The third kappa shape index (κ3) is 3.25. The van der Waals surface area contributed by atoms with E-state index in [4.69, 9.17) is 10.3 Å². The van der Waals surface area contributed by atoms with Crippen LogP contribution in [-0.4, -0.2) is 24.6 Å². The van der Waals surface area contributed by atoms with Crippen molar-refractivity contribution in [1.82, 2.24) is 5.16 Å². The highest BCUT2D eigenvalue weighted by molar-refractivity contribution is 6.00. The summed E-state index contributed by atoms with van der Waals surface area (Å²) in [6.45, 7) is 0. The van der Waals surface area contributed by atoms with Gasteiger partial charge in [-0.15, -0.1) is 13.2 Å². The highest BCUT2D eigenvalue weighted by Gasteiger charge is 2.31. The molecule has 9 heteroatoms. The lowest BCUT2D eigenvalue weighted by molar-refractivity contribution is -0.274. The van der Waals surface area contributed by atoms with Crippen LogP contribution in [0.1, 0.15) is 10.4 Å². The van der Waals surface area contributed by atoms with Crippen LogP contribution in [0.2, 0.25) is 0 Å². The van der Waals surface area contributed by atoms with Gasteiger partial charge < -0.3 is 19.7 Å². The van der Waals surface area contributed by atoms with E-state index in [-0.39, 0.29) is 17.1 Å². The molecule has 21 heavy (non-hydrogen) atoms. The van der Waals surface area contributed by atoms with E-state index < -0.39 is 18.1 Å². The number of carbonyl (C=O) groups excluding carboxylic acids is 1. The Bertz CT molecular complexity index is 650. The molecule has 1 aromatic carbocycles. The molecule has 0 spiro atoms. The number of nitrogens with zero attached hydrogens (tertiary/aromatic N) is 1. The third-order valence-corrected chi connectivity index (χ3v) is 2.47. The van der Waals surface area contributed by atoms with Crippen molar-refractivity contribution in [2.75, 3.05) is 12.8 Å². The Morgan fingerprint density at radius 1 is 1.29 bits per heavy atom. The molecule has 1 heterocycles. The summed E-state index contributed by atoms with van der Waals surface area (Å²) in [5, 5.41) is 3.60. The summed E-state index contributed by atoms with van der Waals surface area (Å²) in [7, 11) is 1.15. The van der Waals surface area contributed by atoms with Crippen molar-refractivity contribution < 1.29 is 32.0 Å². The molecule has 0 unspecified atom stereocenters. The Morgan fingerprint density at radius 2 is 1.90 bits per heavy atom. The number of halogens is 3. The maximum Gasteiger partial charge on any atom is 0.573 e. The summed E-state index contributed by atoms with van der Waals surface area (Å²) >= 11 is 0. The van der Waals surface area contributed by atoms with Gasteiger partial charge >= 0.3 is 12.3 Å². The zero-order valence-corrected chi connectivity index (χ0v) is 10.6. The summed E-state index contributed by atoms with van der Waals surface area (Å²) < 4.78 is 49.1. The fourth-order valence-corrected chi connectivity index (χ4v) is 1.61. The first-order chi connectivity index (χ1) is 9.81. The predicted octanol–water partition coefficient (Wildman–Crippen LogP) is 2.61. The Balaban J connectivity index is 2.34. The Kier molecular flexibility index (Phi) is 3.74. The van der Waals surface area contributed by atoms with Gasteiger partial charge in [0.2, 0.25) is 5.88 Å². The molecule has 0 atom stereocenters. The molecule has 0 bridgehead atoms. The number of nitrogen functional groups attached to an aromatic ring is 1. The van der Waals surface area contributed by atoms with Crippen LogP contribution in [0.15, 0.2) is 28.8 Å². The number of rotatable bonds is 3. The number of benzene rings is 1. The highest BCUT2D eigenvalue weighted by atomic mass is 19.4. The fraction of sp³-hybridized carbons (Fsp3) is 0.167. The molecule has 0 fully saturated rings. The van der Waals surface area contributed by atoms with E-state index in [9.17, 15) is 18.0 Å². The molecule has 6 nitrogen and oxygen atoms in total. The standard InChI is InChI=1S/C12H9F3N2O4/c1-19-11(18)8-9(17-21-10(8)16)6-2-4-7(5-3-6)20-12(13,14)15/h2-5H,16H2,1H3. The minimum atomic E-state index is -4.78. The Hall–Kier alpha value is -2.71. The molecule has 2 N–H and O–H groups in total. The molecule has 1 aromatic heterocycles. The normalized spacial score (nSPS) is 11.2. The first-order valence-corrected chi connectivity index (χ1v) is 5.51. The summed E-state index contributed by atoms with van der Waals surface area (Å²) in [5.74, 6) is -1.41. The molecule has 0 aliphatic heterocycles. The molecular formula is C12H9F3N2O4. The minimum Gasteiger partial charge on any atom is -0.465 e. The van der Waals surface area contributed by atoms with Crippen molar-refractivity contribution >= 4 is 11.9 Å². The molecule has 0 saturated carbocycles. The van der Waals surface area contributed by atoms with E-state index in [0.717, 1.165) is 19.2 Å². The zero-order chi connectivity index (χ0) is 15.6. The van der Waals surface area contributed by atoms with Crippen molar-refractivity contribution in [2.24, 2.45) is 0 Å². The number of nitrogens with two attached hydrogens (primary N) is 1. The van der Waals surface area contributed by atoms with Crippen molar-refractivity contribution in [2.45, 2.75) is 6.36 Å². The first kappa shape index (κ1) is 14.7. The van der Waals surface area contributed by atoms with Crippen LogP contribution >= 0.6 is 0 Å². The van der Waals surface area contributed by atoms with E-state index in [1.165, 1.54) is 12.1 Å². The van der Waals surface area contributed by atoms with Crippen molar-refractivity contribution in [3.8, 4) is 17.0 Å². The molecule has 0 aliphatic carbocycles. The van der Waals surface area contributed by atoms with Crippen LogP contribution in [0.4, 0.5) is 19.1 Å². The summed E-state index contributed by atoms with van der Waals surface area (Å²) in [5.41, 5.74) is 5.76. The predicted molar refractivity (Wildman–Crippen MR) is 64.4 cm³/mol. The summed E-state index contributed by atoms with van der Waals surface area (Å²) in [6.07, 6.45) is -4.78. The van der Waals surface area contributed by atoms with Crippen molar-refractivity contribution in [1.29, 1.82) is 0 Å². The molecule has 2 rings (SSSR count). The summed E-state index contributed by atoms with van der Waals surface area (Å²) in [4.78, 5) is 11.6. The second-order valence-corrected chi connectivity index (χ2v) is 3.83. The van der Waals surface area contributed by atoms with Crippen molar-refractivity contribution in [3.05, 3.63) is 29.8 Å². The molecule has 0 aliphatic rings. The van der Waals surface area contributed by atoms with E-state index in [2.05, 4.69) is 14.6 Å². The van der Waals surface area contributed by atoms with Gasteiger partial charge in [0.15, 0.2) is 5.56 Å². The lowest BCUT2D eigenvalue weighted by atomic mass is 10.1. The largest absolute Gasteiger partial charge is 0.573 e. The second kappa shape index (κ2) is 5.35. The lowest BCUT2D eigenvalue weighted by Gasteiger charge is -2.08. The number of ether oxygens (including phenoxy) is 2. The molecule has 0 radical (unpaired) electrons. The number of hydrogen-bond acceptors (Lipinski definition) is 6. The van der Waals surface area contributed by atoms with Crippen LogP contribution < -0.4 is 10.5 Å². The quantitative estimate of drug-likeness (QED) is 0.877. The maximum atomic E-state index is 12.1. The van der Waals surface area contributed by atoms with Crippen LogP contribution in [0.5, 0.6) is 5.75 Å². The Labute approximate surface area is 116 Å². The number of alkyl halides is 3. The lowest BCUT2D eigenvalue weighted by Crippen LogP contribution is -2.16. The average molecular weight is 302 g/mol. The van der Waals surface area contributed by atoms with Gasteiger partial charge in [-0.2, -0.15) is 0 Å². The molecule has 2 aromatic rings. The van der Waals surface area contributed by atoms with E-state index in [1.54, 1.807) is 0 Å². The van der Waals surface area contributed by atoms with Gasteiger partial charge in [0.1, 0.15) is 11.4 Å². The minimum absolute atomic E-state index is 0.0675. The summed E-state index contributed by atoms with van der Waals surface area (Å²) in [6, 6.07) is 4.72. The second-order valence-electron chi connectivity index (χ2n) is 3.83. The van der Waals surface area contributed by atoms with E-state index in [0.29, 0.717) is 5.56 Å². The number of anilines is 1. The van der Waals surface area contributed by atoms with Crippen LogP contribution in [-0.2, 0) is 4.74 Å². The monoisotopic (exact) mass is 302 g/mol. The maximum absolute atomic E-state index is 12.1. The number of hydrogen-bond donors (Lipinski definition) is 1. The van der Waals surface area contributed by atoms with E-state index in [1.807, 2.05) is 0 Å². The molecule has 0 saturated heterocycles. The number of carbonyl (C=O) groups is 1. The van der Waals surface area contributed by atoms with Crippen LogP contribution in [0.25, 0.3) is 11.3 Å². The van der Waals surface area contributed by atoms with Crippen LogP contribution in [0, 0.1) is 0 Å². The van der Waals surface area contributed by atoms with Crippen molar-refractivity contribution in [3.63, 3.8) is 0 Å². The van der Waals surface area contributed by atoms with Gasteiger partial charge in [0, 0.05) is 5.56 Å². The molecular weight excluding hydrogens is 293 g/mol. The highest BCUT2D eigenvalue weighted by Crippen LogP contribution is 2.30. The fourth-order valence-electron chi connectivity index (χ4n) is 1.61. The number of methoxy groups -OCH3 is 1. The third-order valence-electron chi connectivity index (χ3n) is 2.47. The SMILES string of the molecule is COC(=O)c1c(-c2ccc(OC(F)(F)F)cc2)noc1N.